The van der Waals surface area contributed by atoms with E-state index in [-0.39, 0.29) is 12.5 Å². The quantitative estimate of drug-likeness (QED) is 0.904. The van der Waals surface area contributed by atoms with E-state index < -0.39 is 5.97 Å². The van der Waals surface area contributed by atoms with Crippen molar-refractivity contribution >= 4 is 5.97 Å². The van der Waals surface area contributed by atoms with Crippen molar-refractivity contribution in [3.05, 3.63) is 60.2 Å². The van der Waals surface area contributed by atoms with Crippen LogP contribution in [0.4, 0.5) is 0 Å². The molecule has 3 nitrogen and oxygen atoms in total. The summed E-state index contributed by atoms with van der Waals surface area (Å²) in [7, 11) is 3.80. The van der Waals surface area contributed by atoms with E-state index in [4.69, 9.17) is 5.11 Å². The fourth-order valence-electron chi connectivity index (χ4n) is 2.29. The molecule has 0 aliphatic carbocycles. The second kappa shape index (κ2) is 6.35. The van der Waals surface area contributed by atoms with E-state index in [1.165, 1.54) is 5.56 Å². The van der Waals surface area contributed by atoms with Gasteiger partial charge in [0.1, 0.15) is 0 Å². The lowest BCUT2D eigenvalue weighted by atomic mass is 9.98. The molecule has 2 aromatic rings. The molecule has 0 heterocycles. The van der Waals surface area contributed by atoms with E-state index in [1.807, 2.05) is 61.5 Å². The second-order valence-electron chi connectivity index (χ2n) is 5.07. The molecule has 0 aromatic heterocycles. The van der Waals surface area contributed by atoms with Gasteiger partial charge in [-0.15, -0.1) is 0 Å². The van der Waals surface area contributed by atoms with Crippen molar-refractivity contribution in [1.29, 1.82) is 0 Å². The Labute approximate surface area is 119 Å². The third kappa shape index (κ3) is 3.45. The van der Waals surface area contributed by atoms with Crippen molar-refractivity contribution in [2.75, 3.05) is 14.1 Å². The summed E-state index contributed by atoms with van der Waals surface area (Å²) in [4.78, 5) is 12.9. The normalized spacial score (nSPS) is 12.3. The Bertz CT molecular complexity index is 561. The minimum absolute atomic E-state index is 0.0997. The summed E-state index contributed by atoms with van der Waals surface area (Å²) in [6.45, 7) is 0. The number of benzene rings is 2. The van der Waals surface area contributed by atoms with Crippen LogP contribution < -0.4 is 0 Å². The predicted molar refractivity (Wildman–Crippen MR) is 80.6 cm³/mol. The smallest absolute Gasteiger partial charge is 0.305 e. The van der Waals surface area contributed by atoms with E-state index in [0.29, 0.717) is 0 Å². The van der Waals surface area contributed by atoms with Crippen LogP contribution in [-0.4, -0.2) is 30.1 Å². The van der Waals surface area contributed by atoms with Crippen LogP contribution in [0.3, 0.4) is 0 Å². The van der Waals surface area contributed by atoms with Gasteiger partial charge in [-0.25, -0.2) is 0 Å². The molecule has 104 valence electrons. The zero-order valence-electron chi connectivity index (χ0n) is 11.8. The van der Waals surface area contributed by atoms with Crippen LogP contribution in [0.15, 0.2) is 54.6 Å². The predicted octanol–water partition coefficient (Wildman–Crippen LogP) is 3.43. The molecule has 1 atom stereocenters. The summed E-state index contributed by atoms with van der Waals surface area (Å²) in [5, 5.41) is 9.00. The summed E-state index contributed by atoms with van der Waals surface area (Å²) in [5.41, 5.74) is 3.33. The molecule has 1 N–H and O–H groups in total. The largest absolute Gasteiger partial charge is 0.481 e. The first kappa shape index (κ1) is 14.3. The maximum absolute atomic E-state index is 10.9. The van der Waals surface area contributed by atoms with Crippen molar-refractivity contribution < 1.29 is 9.90 Å². The molecule has 2 aromatic carbocycles. The fraction of sp³-hybridized carbons (Fsp3) is 0.235. The van der Waals surface area contributed by atoms with Crippen molar-refractivity contribution in [2.45, 2.75) is 12.5 Å². The maximum atomic E-state index is 10.9. The zero-order chi connectivity index (χ0) is 14.5. The minimum atomic E-state index is -0.782. The molecule has 0 aliphatic rings. The van der Waals surface area contributed by atoms with Gasteiger partial charge in [0.25, 0.3) is 0 Å². The first-order valence-corrected chi connectivity index (χ1v) is 6.61. The van der Waals surface area contributed by atoms with Gasteiger partial charge in [-0.3, -0.25) is 4.79 Å². The van der Waals surface area contributed by atoms with Crippen LogP contribution in [-0.2, 0) is 4.79 Å². The van der Waals surface area contributed by atoms with Gasteiger partial charge in [0.2, 0.25) is 0 Å². The molecule has 2 rings (SSSR count). The van der Waals surface area contributed by atoms with E-state index in [0.717, 1.165) is 11.1 Å². The van der Waals surface area contributed by atoms with Crippen LogP contribution >= 0.6 is 0 Å². The Balaban J connectivity index is 2.24. The van der Waals surface area contributed by atoms with E-state index in [2.05, 4.69) is 12.1 Å². The Kier molecular flexibility index (Phi) is 4.53. The number of aliphatic carboxylic acids is 1. The third-order valence-corrected chi connectivity index (χ3v) is 3.39. The van der Waals surface area contributed by atoms with Gasteiger partial charge < -0.3 is 10.0 Å². The Morgan fingerprint density at radius 2 is 1.55 bits per heavy atom. The van der Waals surface area contributed by atoms with Crippen LogP contribution in [0.1, 0.15) is 18.0 Å². The first-order chi connectivity index (χ1) is 9.58. The van der Waals surface area contributed by atoms with Gasteiger partial charge in [-0.2, -0.15) is 0 Å². The van der Waals surface area contributed by atoms with E-state index in [1.54, 1.807) is 0 Å². The number of rotatable bonds is 5. The number of carboxylic acids is 1. The molecule has 0 saturated heterocycles. The highest BCUT2D eigenvalue weighted by Crippen LogP contribution is 2.25. The zero-order valence-corrected chi connectivity index (χ0v) is 11.8. The SMILES string of the molecule is CN(C)C(CC(=O)O)c1ccc(-c2ccccc2)cc1. The molecule has 0 spiro atoms. The summed E-state index contributed by atoms with van der Waals surface area (Å²) >= 11 is 0. The molecule has 3 heteroatoms. The first-order valence-electron chi connectivity index (χ1n) is 6.61. The molecule has 0 aliphatic heterocycles. The molecule has 0 amide bonds. The highest BCUT2D eigenvalue weighted by Gasteiger charge is 2.17. The monoisotopic (exact) mass is 269 g/mol. The van der Waals surface area contributed by atoms with Crippen LogP contribution in [0.2, 0.25) is 0 Å². The van der Waals surface area contributed by atoms with Crippen molar-refractivity contribution in [3.63, 3.8) is 0 Å². The summed E-state index contributed by atoms with van der Waals surface area (Å²) in [6.07, 6.45) is 0.109. The molecule has 1 unspecified atom stereocenters. The molecule has 20 heavy (non-hydrogen) atoms. The number of hydrogen-bond donors (Lipinski definition) is 1. The van der Waals surface area contributed by atoms with Crippen molar-refractivity contribution in [2.24, 2.45) is 0 Å². The van der Waals surface area contributed by atoms with Gasteiger partial charge in [0, 0.05) is 6.04 Å². The van der Waals surface area contributed by atoms with E-state index >= 15 is 0 Å². The lowest BCUT2D eigenvalue weighted by Gasteiger charge is -2.23. The summed E-state index contributed by atoms with van der Waals surface area (Å²) < 4.78 is 0. The highest BCUT2D eigenvalue weighted by atomic mass is 16.4. The number of carbonyl (C=O) groups is 1. The Morgan fingerprint density at radius 1 is 1.00 bits per heavy atom. The molecular weight excluding hydrogens is 250 g/mol. The Morgan fingerprint density at radius 3 is 2.05 bits per heavy atom. The topological polar surface area (TPSA) is 40.5 Å². The standard InChI is InChI=1S/C17H19NO2/c1-18(2)16(12-17(19)20)15-10-8-14(9-11-15)13-6-4-3-5-7-13/h3-11,16H,12H2,1-2H3,(H,19,20). The van der Waals surface area contributed by atoms with Crippen LogP contribution in [0.25, 0.3) is 11.1 Å². The number of nitrogens with zero attached hydrogens (tertiary/aromatic N) is 1. The second-order valence-corrected chi connectivity index (χ2v) is 5.07. The third-order valence-electron chi connectivity index (χ3n) is 3.39. The van der Waals surface area contributed by atoms with Gasteiger partial charge in [-0.1, -0.05) is 54.6 Å². The van der Waals surface area contributed by atoms with Crippen LogP contribution in [0, 0.1) is 0 Å². The van der Waals surface area contributed by atoms with Crippen molar-refractivity contribution in [1.82, 2.24) is 4.90 Å². The number of hydrogen-bond acceptors (Lipinski definition) is 2. The summed E-state index contributed by atoms with van der Waals surface area (Å²) in [5.74, 6) is -0.782. The average molecular weight is 269 g/mol. The fourth-order valence-corrected chi connectivity index (χ4v) is 2.29. The minimum Gasteiger partial charge on any atom is -0.481 e. The molecule has 0 fully saturated rings. The van der Waals surface area contributed by atoms with Crippen molar-refractivity contribution in [3.8, 4) is 11.1 Å². The van der Waals surface area contributed by atoms with Gasteiger partial charge in [0.15, 0.2) is 0 Å². The molecule has 0 saturated carbocycles. The maximum Gasteiger partial charge on any atom is 0.305 e. The Hall–Kier alpha value is -2.13. The summed E-state index contributed by atoms with van der Waals surface area (Å²) in [6, 6.07) is 18.2. The van der Waals surface area contributed by atoms with Gasteiger partial charge in [0.05, 0.1) is 6.42 Å². The lowest BCUT2D eigenvalue weighted by Crippen LogP contribution is -2.22. The lowest BCUT2D eigenvalue weighted by molar-refractivity contribution is -0.138. The highest BCUT2D eigenvalue weighted by molar-refractivity contribution is 5.68. The van der Waals surface area contributed by atoms with Gasteiger partial charge >= 0.3 is 5.97 Å². The van der Waals surface area contributed by atoms with Crippen LogP contribution in [0.5, 0.6) is 0 Å². The van der Waals surface area contributed by atoms with Gasteiger partial charge in [-0.05, 0) is 30.8 Å². The average Bonchev–Trinajstić information content (AvgIpc) is 2.45. The molecule has 0 bridgehead atoms. The molecular formula is C17H19NO2. The van der Waals surface area contributed by atoms with E-state index in [9.17, 15) is 4.79 Å². The molecule has 0 radical (unpaired) electrons. The number of carboxylic acid groups (broad SMARTS) is 1.